The summed E-state index contributed by atoms with van der Waals surface area (Å²) < 4.78 is 10.9. The minimum Gasteiger partial charge on any atom is -0.493 e. The first-order chi connectivity index (χ1) is 15.6. The Morgan fingerprint density at radius 1 is 1.09 bits per heavy atom. The fourth-order valence-electron chi connectivity index (χ4n) is 4.03. The number of urea groups is 1. The number of fused-ring (bicyclic) bond motifs is 1. The van der Waals surface area contributed by atoms with Crippen LogP contribution in [0.4, 0.5) is 10.5 Å². The molecule has 0 atom stereocenters. The van der Waals surface area contributed by atoms with Gasteiger partial charge in [0.15, 0.2) is 11.5 Å². The van der Waals surface area contributed by atoms with Crippen LogP contribution in [0.2, 0.25) is 5.02 Å². The first-order valence-corrected chi connectivity index (χ1v) is 11.0. The Morgan fingerprint density at radius 3 is 2.47 bits per heavy atom. The number of carbonyl (C=O) groups is 1. The molecule has 2 N–H and O–H groups in total. The normalized spacial score (nSPS) is 14.8. The molecule has 1 aliphatic heterocycles. The largest absolute Gasteiger partial charge is 0.493 e. The quantitative estimate of drug-likeness (QED) is 0.565. The zero-order chi connectivity index (χ0) is 22.5. The zero-order valence-corrected chi connectivity index (χ0v) is 19.0. The van der Waals surface area contributed by atoms with Gasteiger partial charge in [0.2, 0.25) is 0 Å². The molecule has 0 unspecified atom stereocenters. The highest BCUT2D eigenvalue weighted by atomic mass is 35.5. The number of rotatable bonds is 6. The van der Waals surface area contributed by atoms with Gasteiger partial charge in [-0.1, -0.05) is 11.6 Å². The number of carbonyl (C=O) groups excluding carboxylic acids is 1. The lowest BCUT2D eigenvalue weighted by Gasteiger charge is -2.32. The van der Waals surface area contributed by atoms with Crippen molar-refractivity contribution in [2.75, 3.05) is 32.6 Å². The molecule has 0 spiro atoms. The molecule has 1 fully saturated rings. The summed E-state index contributed by atoms with van der Waals surface area (Å²) in [5, 5.41) is 7.63. The molecule has 0 radical (unpaired) electrons. The Labute approximate surface area is 192 Å². The molecular formula is C24H27ClN4O3. The highest BCUT2D eigenvalue weighted by molar-refractivity contribution is 6.30. The number of aromatic nitrogens is 1. The lowest BCUT2D eigenvalue weighted by atomic mass is 10.0. The van der Waals surface area contributed by atoms with E-state index >= 15 is 0 Å². The van der Waals surface area contributed by atoms with Crippen molar-refractivity contribution >= 4 is 34.2 Å². The Bertz CT molecular complexity index is 1080. The number of ether oxygens (including phenoxy) is 2. The zero-order valence-electron chi connectivity index (χ0n) is 18.2. The molecule has 0 bridgehead atoms. The van der Waals surface area contributed by atoms with Crippen molar-refractivity contribution in [2.45, 2.75) is 25.4 Å². The van der Waals surface area contributed by atoms with Crippen LogP contribution in [0.5, 0.6) is 11.5 Å². The monoisotopic (exact) mass is 454 g/mol. The van der Waals surface area contributed by atoms with Crippen molar-refractivity contribution in [1.82, 2.24) is 15.2 Å². The van der Waals surface area contributed by atoms with Gasteiger partial charge in [0, 0.05) is 54.0 Å². The van der Waals surface area contributed by atoms with E-state index in [4.69, 9.17) is 21.1 Å². The predicted octanol–water partition coefficient (Wildman–Crippen LogP) is 4.69. The fraction of sp³-hybridized carbons (Fsp3) is 0.333. The number of amides is 2. The van der Waals surface area contributed by atoms with E-state index in [0.717, 1.165) is 49.1 Å². The average Bonchev–Trinajstić information content (AvgIpc) is 2.81. The van der Waals surface area contributed by atoms with Crippen LogP contribution in [-0.4, -0.2) is 49.3 Å². The van der Waals surface area contributed by atoms with Crippen molar-refractivity contribution in [3.8, 4) is 11.5 Å². The van der Waals surface area contributed by atoms with E-state index < -0.39 is 0 Å². The first kappa shape index (κ1) is 22.2. The van der Waals surface area contributed by atoms with Gasteiger partial charge < -0.3 is 20.1 Å². The molecule has 2 amide bonds. The number of nitrogens with zero attached hydrogens (tertiary/aromatic N) is 2. The SMILES string of the molecule is COc1cc2nccc(CN3CCC(NC(=O)Nc4ccc(Cl)cc4)CC3)c2cc1OC. The van der Waals surface area contributed by atoms with Gasteiger partial charge in [-0.25, -0.2) is 4.79 Å². The second-order valence-electron chi connectivity index (χ2n) is 7.85. The second-order valence-corrected chi connectivity index (χ2v) is 8.29. The summed E-state index contributed by atoms with van der Waals surface area (Å²) in [5.74, 6) is 1.37. The summed E-state index contributed by atoms with van der Waals surface area (Å²) in [4.78, 5) is 19.2. The molecule has 168 valence electrons. The number of piperidine rings is 1. The maximum absolute atomic E-state index is 12.3. The van der Waals surface area contributed by atoms with Gasteiger partial charge in [0.1, 0.15) is 0 Å². The van der Waals surface area contributed by atoms with Gasteiger partial charge in [-0.15, -0.1) is 0 Å². The van der Waals surface area contributed by atoms with Crippen molar-refractivity contribution in [2.24, 2.45) is 0 Å². The molecule has 1 aliphatic rings. The van der Waals surface area contributed by atoms with Crippen LogP contribution < -0.4 is 20.1 Å². The van der Waals surface area contributed by atoms with Crippen LogP contribution in [0.3, 0.4) is 0 Å². The van der Waals surface area contributed by atoms with Crippen LogP contribution in [0.25, 0.3) is 10.9 Å². The molecule has 3 aromatic rings. The molecule has 0 saturated carbocycles. The van der Waals surface area contributed by atoms with Gasteiger partial charge in [-0.3, -0.25) is 9.88 Å². The smallest absolute Gasteiger partial charge is 0.319 e. The summed E-state index contributed by atoms with van der Waals surface area (Å²) in [7, 11) is 3.27. The molecule has 7 nitrogen and oxygen atoms in total. The lowest BCUT2D eigenvalue weighted by Crippen LogP contribution is -2.45. The molecule has 4 rings (SSSR count). The van der Waals surface area contributed by atoms with Crippen molar-refractivity contribution < 1.29 is 14.3 Å². The lowest BCUT2D eigenvalue weighted by molar-refractivity contribution is 0.190. The molecular weight excluding hydrogens is 428 g/mol. The van der Waals surface area contributed by atoms with E-state index in [1.165, 1.54) is 5.56 Å². The number of hydrogen-bond acceptors (Lipinski definition) is 5. The minimum atomic E-state index is -0.188. The maximum atomic E-state index is 12.3. The van der Waals surface area contributed by atoms with Crippen LogP contribution in [0.15, 0.2) is 48.7 Å². The number of anilines is 1. The molecule has 2 aromatic carbocycles. The number of hydrogen-bond donors (Lipinski definition) is 2. The van der Waals surface area contributed by atoms with Crippen molar-refractivity contribution in [3.05, 3.63) is 59.2 Å². The number of benzene rings is 2. The highest BCUT2D eigenvalue weighted by Crippen LogP contribution is 2.33. The molecule has 32 heavy (non-hydrogen) atoms. The third-order valence-corrected chi connectivity index (χ3v) is 6.01. The molecule has 8 heteroatoms. The molecule has 0 aliphatic carbocycles. The van der Waals surface area contributed by atoms with E-state index in [2.05, 4.69) is 26.6 Å². The summed E-state index contributed by atoms with van der Waals surface area (Å²) in [5.41, 5.74) is 2.80. The highest BCUT2D eigenvalue weighted by Gasteiger charge is 2.21. The van der Waals surface area contributed by atoms with Crippen LogP contribution >= 0.6 is 11.6 Å². The summed E-state index contributed by atoms with van der Waals surface area (Å²) >= 11 is 5.89. The minimum absolute atomic E-state index is 0.150. The first-order valence-electron chi connectivity index (χ1n) is 10.6. The number of methoxy groups -OCH3 is 2. The van der Waals surface area contributed by atoms with Crippen LogP contribution in [0, 0.1) is 0 Å². The number of halogens is 1. The van der Waals surface area contributed by atoms with E-state index in [1.54, 1.807) is 38.5 Å². The Hall–Kier alpha value is -3.03. The molecule has 1 saturated heterocycles. The third kappa shape index (κ3) is 5.23. The van der Waals surface area contributed by atoms with Gasteiger partial charge in [0.25, 0.3) is 0 Å². The standard InChI is InChI=1S/C24H27ClN4O3/c1-31-22-13-20-16(7-10-26-21(20)14-23(22)32-2)15-29-11-8-19(9-12-29)28-24(30)27-18-5-3-17(25)4-6-18/h3-7,10,13-14,19H,8-9,11-12,15H2,1-2H3,(H2,27,28,30). The van der Waals surface area contributed by atoms with Gasteiger partial charge in [-0.2, -0.15) is 0 Å². The number of pyridine rings is 1. The van der Waals surface area contributed by atoms with Crippen molar-refractivity contribution in [1.29, 1.82) is 0 Å². The van der Waals surface area contributed by atoms with E-state index in [1.807, 2.05) is 18.3 Å². The Balaban J connectivity index is 1.34. The Morgan fingerprint density at radius 2 is 1.78 bits per heavy atom. The maximum Gasteiger partial charge on any atom is 0.319 e. The van der Waals surface area contributed by atoms with Crippen LogP contribution in [0.1, 0.15) is 18.4 Å². The van der Waals surface area contributed by atoms with E-state index in [-0.39, 0.29) is 12.1 Å². The topological polar surface area (TPSA) is 75.7 Å². The van der Waals surface area contributed by atoms with E-state index in [0.29, 0.717) is 16.5 Å². The predicted molar refractivity (Wildman–Crippen MR) is 127 cm³/mol. The van der Waals surface area contributed by atoms with Gasteiger partial charge in [-0.05, 0) is 54.8 Å². The van der Waals surface area contributed by atoms with E-state index in [9.17, 15) is 4.79 Å². The number of nitrogens with one attached hydrogen (secondary N) is 2. The molecule has 2 heterocycles. The Kier molecular flexibility index (Phi) is 6.97. The van der Waals surface area contributed by atoms with Crippen molar-refractivity contribution in [3.63, 3.8) is 0 Å². The average molecular weight is 455 g/mol. The molecule has 1 aromatic heterocycles. The fourth-order valence-corrected chi connectivity index (χ4v) is 4.16. The van der Waals surface area contributed by atoms with Gasteiger partial charge in [0.05, 0.1) is 19.7 Å². The van der Waals surface area contributed by atoms with Gasteiger partial charge >= 0.3 is 6.03 Å². The summed E-state index contributed by atoms with van der Waals surface area (Å²) in [6.07, 6.45) is 3.63. The third-order valence-electron chi connectivity index (χ3n) is 5.76. The second kappa shape index (κ2) is 10.1. The van der Waals surface area contributed by atoms with Crippen LogP contribution in [-0.2, 0) is 6.54 Å². The summed E-state index contributed by atoms with van der Waals surface area (Å²) in [6, 6.07) is 13.0. The number of likely N-dealkylation sites (tertiary alicyclic amines) is 1. The summed E-state index contributed by atoms with van der Waals surface area (Å²) in [6.45, 7) is 2.63.